The summed E-state index contributed by atoms with van der Waals surface area (Å²) >= 11 is 0. The lowest BCUT2D eigenvalue weighted by atomic mass is 10.1. The van der Waals surface area contributed by atoms with E-state index in [1.807, 2.05) is 44.2 Å². The van der Waals surface area contributed by atoms with Crippen molar-refractivity contribution in [3.63, 3.8) is 0 Å². The van der Waals surface area contributed by atoms with Gasteiger partial charge in [0, 0.05) is 5.69 Å². The molecule has 6 nitrogen and oxygen atoms in total. The maximum Gasteiger partial charge on any atom is 0.344 e. The molecule has 2 aromatic rings. The van der Waals surface area contributed by atoms with Crippen LogP contribution in [0.1, 0.15) is 23.6 Å². The number of carbonyl (C=O) groups excluding carboxylic acids is 2. The fourth-order valence-electron chi connectivity index (χ4n) is 2.73. The lowest BCUT2D eigenvalue weighted by molar-refractivity contribution is -0.155. The van der Waals surface area contributed by atoms with Crippen molar-refractivity contribution in [1.82, 2.24) is 0 Å². The molecule has 29 heavy (non-hydrogen) atoms. The van der Waals surface area contributed by atoms with Crippen LogP contribution < -0.4 is 14.8 Å². The number of anilines is 1. The Labute approximate surface area is 171 Å². The molecule has 0 aromatic heterocycles. The van der Waals surface area contributed by atoms with Crippen LogP contribution in [0.2, 0.25) is 0 Å². The van der Waals surface area contributed by atoms with Crippen LogP contribution in [0.25, 0.3) is 0 Å². The van der Waals surface area contributed by atoms with Crippen LogP contribution in [-0.2, 0) is 20.7 Å². The number of allylic oxidation sites excluding steroid dienone is 1. The molecule has 0 spiro atoms. The van der Waals surface area contributed by atoms with Gasteiger partial charge in [0.2, 0.25) is 0 Å². The molecule has 0 fully saturated rings. The Balaban J connectivity index is 1.89. The van der Waals surface area contributed by atoms with Gasteiger partial charge in [-0.3, -0.25) is 4.79 Å². The van der Waals surface area contributed by atoms with Crippen LogP contribution in [0.5, 0.6) is 11.5 Å². The Bertz CT molecular complexity index is 891. The van der Waals surface area contributed by atoms with Crippen molar-refractivity contribution in [3.05, 3.63) is 65.7 Å². The highest BCUT2D eigenvalue weighted by Gasteiger charge is 2.19. The van der Waals surface area contributed by atoms with E-state index in [0.717, 1.165) is 16.7 Å². The fourth-order valence-corrected chi connectivity index (χ4v) is 2.73. The van der Waals surface area contributed by atoms with Crippen LogP contribution in [-0.4, -0.2) is 31.7 Å². The van der Waals surface area contributed by atoms with Crippen molar-refractivity contribution >= 4 is 17.6 Å². The molecule has 1 atom stereocenters. The highest BCUT2D eigenvalue weighted by atomic mass is 16.6. The summed E-state index contributed by atoms with van der Waals surface area (Å²) in [6.07, 6.45) is 1.53. The number of methoxy groups -OCH3 is 1. The Hall–Kier alpha value is -3.28. The SMILES string of the molecule is C=CCc1ccc(OCC(=O)O[C@H](C)C(=O)Nc2ccc(C)cc2C)c(OC)c1. The molecule has 0 heterocycles. The highest BCUT2D eigenvalue weighted by molar-refractivity contribution is 5.95. The number of aryl methyl sites for hydroxylation is 2. The van der Waals surface area contributed by atoms with Gasteiger partial charge in [0.05, 0.1) is 7.11 Å². The van der Waals surface area contributed by atoms with Crippen LogP contribution >= 0.6 is 0 Å². The number of nitrogens with one attached hydrogen (secondary N) is 1. The molecule has 2 rings (SSSR count). The first-order valence-corrected chi connectivity index (χ1v) is 9.32. The number of ether oxygens (including phenoxy) is 3. The minimum atomic E-state index is -0.955. The number of amides is 1. The fraction of sp³-hybridized carbons (Fsp3) is 0.304. The van der Waals surface area contributed by atoms with E-state index in [-0.39, 0.29) is 6.61 Å². The van der Waals surface area contributed by atoms with Gasteiger partial charge >= 0.3 is 5.97 Å². The van der Waals surface area contributed by atoms with Gasteiger partial charge in [0.1, 0.15) is 0 Å². The summed E-state index contributed by atoms with van der Waals surface area (Å²) in [5.74, 6) is -0.121. The van der Waals surface area contributed by atoms with E-state index < -0.39 is 18.0 Å². The van der Waals surface area contributed by atoms with Gasteiger partial charge in [0.25, 0.3) is 5.91 Å². The Morgan fingerprint density at radius 2 is 1.90 bits per heavy atom. The quantitative estimate of drug-likeness (QED) is 0.512. The molecule has 1 N–H and O–H groups in total. The molecular weight excluding hydrogens is 370 g/mol. The zero-order chi connectivity index (χ0) is 21.4. The van der Waals surface area contributed by atoms with Crippen LogP contribution in [0.3, 0.4) is 0 Å². The van der Waals surface area contributed by atoms with Crippen molar-refractivity contribution in [2.24, 2.45) is 0 Å². The summed E-state index contributed by atoms with van der Waals surface area (Å²) in [6, 6.07) is 11.1. The first kappa shape index (κ1) is 22.0. The second kappa shape index (κ2) is 10.3. The lowest BCUT2D eigenvalue weighted by Gasteiger charge is -2.16. The first-order chi connectivity index (χ1) is 13.8. The topological polar surface area (TPSA) is 73.9 Å². The van der Waals surface area contributed by atoms with E-state index in [2.05, 4.69) is 11.9 Å². The van der Waals surface area contributed by atoms with Crippen molar-refractivity contribution in [1.29, 1.82) is 0 Å². The summed E-state index contributed by atoms with van der Waals surface area (Å²) in [4.78, 5) is 24.4. The Morgan fingerprint density at radius 3 is 2.55 bits per heavy atom. The minimum Gasteiger partial charge on any atom is -0.493 e. The molecule has 0 saturated heterocycles. The number of rotatable bonds is 9. The molecule has 154 valence electrons. The molecule has 1 amide bonds. The predicted octanol–water partition coefficient (Wildman–Crippen LogP) is 3.99. The average molecular weight is 397 g/mol. The lowest BCUT2D eigenvalue weighted by Crippen LogP contribution is -2.31. The molecule has 0 radical (unpaired) electrons. The third-order valence-corrected chi connectivity index (χ3v) is 4.27. The van der Waals surface area contributed by atoms with Gasteiger partial charge in [-0.1, -0.05) is 29.8 Å². The van der Waals surface area contributed by atoms with E-state index in [1.165, 1.54) is 14.0 Å². The van der Waals surface area contributed by atoms with E-state index >= 15 is 0 Å². The predicted molar refractivity (Wildman–Crippen MR) is 112 cm³/mol. The van der Waals surface area contributed by atoms with E-state index in [1.54, 1.807) is 12.1 Å². The van der Waals surface area contributed by atoms with Gasteiger partial charge in [-0.25, -0.2) is 4.79 Å². The number of benzene rings is 2. The summed E-state index contributed by atoms with van der Waals surface area (Å²) in [5, 5.41) is 2.77. The van der Waals surface area contributed by atoms with Crippen molar-refractivity contribution in [2.45, 2.75) is 33.3 Å². The number of carbonyl (C=O) groups is 2. The van der Waals surface area contributed by atoms with E-state index in [4.69, 9.17) is 14.2 Å². The normalized spacial score (nSPS) is 11.3. The zero-order valence-corrected chi connectivity index (χ0v) is 17.3. The largest absolute Gasteiger partial charge is 0.493 e. The van der Waals surface area contributed by atoms with Gasteiger partial charge in [-0.05, 0) is 56.5 Å². The molecule has 6 heteroatoms. The van der Waals surface area contributed by atoms with Crippen molar-refractivity contribution < 1.29 is 23.8 Å². The standard InChI is InChI=1S/C23H27NO5/c1-6-7-18-9-11-20(21(13-18)27-5)28-14-22(25)29-17(4)23(26)24-19-10-8-15(2)12-16(19)3/h6,8-13,17H,1,7,14H2,2-5H3,(H,24,26)/t17-/m1/s1. The van der Waals surface area contributed by atoms with E-state index in [9.17, 15) is 9.59 Å². The molecule has 0 unspecified atom stereocenters. The third-order valence-electron chi connectivity index (χ3n) is 4.27. The number of esters is 1. The number of hydrogen-bond acceptors (Lipinski definition) is 5. The maximum absolute atomic E-state index is 12.3. The van der Waals surface area contributed by atoms with Crippen LogP contribution in [0.4, 0.5) is 5.69 Å². The Morgan fingerprint density at radius 1 is 1.14 bits per heavy atom. The van der Waals surface area contributed by atoms with Crippen LogP contribution in [0, 0.1) is 13.8 Å². The monoisotopic (exact) mass is 397 g/mol. The molecule has 2 aromatic carbocycles. The summed E-state index contributed by atoms with van der Waals surface area (Å²) in [7, 11) is 1.53. The summed E-state index contributed by atoms with van der Waals surface area (Å²) in [6.45, 7) is 8.77. The first-order valence-electron chi connectivity index (χ1n) is 9.32. The van der Waals surface area contributed by atoms with Crippen molar-refractivity contribution in [2.75, 3.05) is 19.0 Å². The van der Waals surface area contributed by atoms with Gasteiger partial charge in [-0.2, -0.15) is 0 Å². The highest BCUT2D eigenvalue weighted by Crippen LogP contribution is 2.28. The smallest absolute Gasteiger partial charge is 0.344 e. The molecule has 0 aliphatic heterocycles. The zero-order valence-electron chi connectivity index (χ0n) is 17.3. The molecule has 0 saturated carbocycles. The van der Waals surface area contributed by atoms with E-state index in [0.29, 0.717) is 23.6 Å². The molecular formula is C23H27NO5. The second-order valence-electron chi connectivity index (χ2n) is 6.71. The van der Waals surface area contributed by atoms with Gasteiger partial charge in [0.15, 0.2) is 24.2 Å². The second-order valence-corrected chi connectivity index (χ2v) is 6.71. The Kier molecular flexibility index (Phi) is 7.83. The number of hydrogen-bond donors (Lipinski definition) is 1. The molecule has 0 bridgehead atoms. The van der Waals surface area contributed by atoms with Gasteiger partial charge < -0.3 is 19.5 Å². The molecule has 0 aliphatic rings. The summed E-state index contributed by atoms with van der Waals surface area (Å²) < 4.78 is 16.0. The molecule has 0 aliphatic carbocycles. The summed E-state index contributed by atoms with van der Waals surface area (Å²) in [5.41, 5.74) is 3.74. The van der Waals surface area contributed by atoms with Gasteiger partial charge in [-0.15, -0.1) is 6.58 Å². The average Bonchev–Trinajstić information content (AvgIpc) is 2.69. The third kappa shape index (κ3) is 6.38. The van der Waals surface area contributed by atoms with Crippen LogP contribution in [0.15, 0.2) is 49.1 Å². The minimum absolute atomic E-state index is 0.335. The van der Waals surface area contributed by atoms with Crippen molar-refractivity contribution in [3.8, 4) is 11.5 Å². The maximum atomic E-state index is 12.3.